The molecule has 0 radical (unpaired) electrons. The summed E-state index contributed by atoms with van der Waals surface area (Å²) in [6.45, 7) is 0. The molecule has 0 atom stereocenters. The van der Waals surface area contributed by atoms with E-state index in [1.807, 2.05) is 48.5 Å². The van der Waals surface area contributed by atoms with Crippen LogP contribution in [0.4, 0.5) is 21.0 Å². The first-order chi connectivity index (χ1) is 12.1. The van der Waals surface area contributed by atoms with Crippen LogP contribution in [0.15, 0.2) is 48.5 Å². The largest absolute Gasteiger partial charge is 0.329 e. The molecule has 2 aromatic rings. The van der Waals surface area contributed by atoms with Crippen molar-refractivity contribution in [3.8, 4) is 0 Å². The lowest BCUT2D eigenvalue weighted by molar-refractivity contribution is 0.253. The lowest BCUT2D eigenvalue weighted by Crippen LogP contribution is -2.27. The third-order valence-corrected chi connectivity index (χ3v) is 4.00. The molecule has 0 spiro atoms. The Morgan fingerprint density at radius 3 is 1.60 bits per heavy atom. The van der Waals surface area contributed by atoms with Crippen molar-refractivity contribution in [3.05, 3.63) is 59.7 Å². The molecule has 2 aromatic carbocycles. The Labute approximate surface area is 173 Å². The highest BCUT2D eigenvalue weighted by Crippen LogP contribution is 2.17. The zero-order chi connectivity index (χ0) is 18.1. The average molecular weight is 564 g/mol. The fourth-order valence-corrected chi connectivity index (χ4v) is 2.92. The summed E-state index contributed by atoms with van der Waals surface area (Å²) in [5.41, 5.74) is 3.63. The van der Waals surface area contributed by atoms with Crippen molar-refractivity contribution >= 4 is 68.6 Å². The van der Waals surface area contributed by atoms with E-state index < -0.39 is 0 Å². The van der Waals surface area contributed by atoms with Crippen LogP contribution >= 0.6 is 45.2 Å². The topological polar surface area (TPSA) is 82.3 Å². The Morgan fingerprint density at radius 2 is 1.20 bits per heavy atom. The minimum Gasteiger partial charge on any atom is -0.329 e. The predicted molar refractivity (Wildman–Crippen MR) is 118 cm³/mol. The molecule has 0 unspecified atom stereocenters. The minimum atomic E-state index is -0.223. The fourth-order valence-electron chi connectivity index (χ4n) is 2.23. The summed E-state index contributed by atoms with van der Waals surface area (Å²) in [4.78, 5) is 23.2. The van der Waals surface area contributed by atoms with Crippen molar-refractivity contribution in [2.75, 3.05) is 19.7 Å². The highest BCUT2D eigenvalue weighted by atomic mass is 127. The molecule has 25 heavy (non-hydrogen) atoms. The van der Waals surface area contributed by atoms with E-state index in [1.165, 1.54) is 0 Å². The first-order valence-corrected chi connectivity index (χ1v) is 10.6. The number of carbonyl (C=O) groups excluding carboxylic acids is 2. The van der Waals surface area contributed by atoms with Crippen molar-refractivity contribution in [2.45, 2.75) is 6.42 Å². The Morgan fingerprint density at radius 1 is 0.760 bits per heavy atom. The molecular weight excluding hydrogens is 546 g/mol. The van der Waals surface area contributed by atoms with Crippen LogP contribution < -0.4 is 21.3 Å². The molecule has 0 saturated heterocycles. The first kappa shape index (κ1) is 19.8. The van der Waals surface area contributed by atoms with Gasteiger partial charge in [0, 0.05) is 11.4 Å². The second kappa shape index (κ2) is 10.4. The fraction of sp³-hybridized carbons (Fsp3) is 0.176. The number of hydrogen-bond acceptors (Lipinski definition) is 2. The van der Waals surface area contributed by atoms with Gasteiger partial charge < -0.3 is 21.3 Å². The second-order valence-corrected chi connectivity index (χ2v) is 6.63. The quantitative estimate of drug-likeness (QED) is 0.240. The third-order valence-electron chi connectivity index (χ3n) is 3.23. The highest BCUT2D eigenvalue weighted by Gasteiger charge is 2.04. The number of halogens is 2. The molecule has 0 aromatic heterocycles. The van der Waals surface area contributed by atoms with Gasteiger partial charge in [-0.05, 0) is 41.8 Å². The highest BCUT2D eigenvalue weighted by molar-refractivity contribution is 14.1. The zero-order valence-corrected chi connectivity index (χ0v) is 17.6. The number of benzene rings is 2. The molecule has 0 aliphatic heterocycles. The number of anilines is 2. The monoisotopic (exact) mass is 564 g/mol. The van der Waals surface area contributed by atoms with Crippen LogP contribution in [0.5, 0.6) is 0 Å². The standard InChI is InChI=1S/C17H18I2N4O2/c18-10-20-16(24)22-14-5-1-3-12(8-14)7-13-4-2-6-15(9-13)23-17(25)21-11-19/h1-6,8-9H,7,10-11H2,(H2,20,22,24)(H2,21,23,25). The summed E-state index contributed by atoms with van der Waals surface area (Å²) in [6.07, 6.45) is 0.701. The summed E-state index contributed by atoms with van der Waals surface area (Å²) >= 11 is 4.15. The molecule has 2 rings (SSSR count). The molecule has 4 amide bonds. The zero-order valence-electron chi connectivity index (χ0n) is 13.3. The molecular formula is C17H18I2N4O2. The molecule has 8 heteroatoms. The van der Waals surface area contributed by atoms with Crippen molar-refractivity contribution in [2.24, 2.45) is 0 Å². The average Bonchev–Trinajstić information content (AvgIpc) is 2.56. The van der Waals surface area contributed by atoms with E-state index in [1.54, 1.807) is 0 Å². The van der Waals surface area contributed by atoms with E-state index in [0.29, 0.717) is 15.5 Å². The van der Waals surface area contributed by atoms with Gasteiger partial charge in [0.15, 0.2) is 0 Å². The lowest BCUT2D eigenvalue weighted by atomic mass is 10.0. The molecule has 0 aliphatic carbocycles. The van der Waals surface area contributed by atoms with Crippen molar-refractivity contribution < 1.29 is 9.59 Å². The Bertz CT molecular complexity index is 679. The molecule has 6 nitrogen and oxygen atoms in total. The van der Waals surface area contributed by atoms with Crippen LogP contribution in [-0.4, -0.2) is 21.2 Å². The van der Waals surface area contributed by atoms with Crippen molar-refractivity contribution in [3.63, 3.8) is 0 Å². The van der Waals surface area contributed by atoms with Gasteiger partial charge in [-0.1, -0.05) is 69.4 Å². The molecule has 0 aliphatic rings. The van der Waals surface area contributed by atoms with E-state index in [-0.39, 0.29) is 12.1 Å². The van der Waals surface area contributed by atoms with Gasteiger partial charge in [0.05, 0.1) is 9.10 Å². The lowest BCUT2D eigenvalue weighted by Gasteiger charge is -2.09. The van der Waals surface area contributed by atoms with Gasteiger partial charge in [0.25, 0.3) is 0 Å². The van der Waals surface area contributed by atoms with Crippen LogP contribution in [0.25, 0.3) is 0 Å². The van der Waals surface area contributed by atoms with Gasteiger partial charge in [0.1, 0.15) is 0 Å². The first-order valence-electron chi connectivity index (χ1n) is 7.50. The smallest absolute Gasteiger partial charge is 0.319 e. The van der Waals surface area contributed by atoms with Crippen LogP contribution in [0.2, 0.25) is 0 Å². The van der Waals surface area contributed by atoms with Gasteiger partial charge >= 0.3 is 12.1 Å². The summed E-state index contributed by atoms with van der Waals surface area (Å²) in [7, 11) is 0. The number of alkyl halides is 2. The molecule has 0 saturated carbocycles. The van der Waals surface area contributed by atoms with E-state index >= 15 is 0 Å². The van der Waals surface area contributed by atoms with Crippen LogP contribution in [0.1, 0.15) is 11.1 Å². The van der Waals surface area contributed by atoms with Crippen LogP contribution in [-0.2, 0) is 6.42 Å². The van der Waals surface area contributed by atoms with E-state index in [2.05, 4.69) is 66.4 Å². The summed E-state index contributed by atoms with van der Waals surface area (Å²) in [6, 6.07) is 15.0. The maximum atomic E-state index is 11.6. The maximum Gasteiger partial charge on any atom is 0.319 e. The van der Waals surface area contributed by atoms with Crippen LogP contribution in [0.3, 0.4) is 0 Å². The number of amides is 4. The number of carbonyl (C=O) groups is 2. The summed E-state index contributed by atoms with van der Waals surface area (Å²) < 4.78 is 1.10. The molecule has 0 heterocycles. The van der Waals surface area contributed by atoms with E-state index in [4.69, 9.17) is 0 Å². The molecule has 132 valence electrons. The van der Waals surface area contributed by atoms with Gasteiger partial charge in [-0.3, -0.25) is 0 Å². The molecule has 0 fully saturated rings. The number of urea groups is 2. The maximum absolute atomic E-state index is 11.6. The van der Waals surface area contributed by atoms with Gasteiger partial charge in [-0.25, -0.2) is 9.59 Å². The Hall–Kier alpha value is -1.56. The molecule has 4 N–H and O–H groups in total. The van der Waals surface area contributed by atoms with Gasteiger partial charge in [-0.2, -0.15) is 0 Å². The second-order valence-electron chi connectivity index (χ2n) is 5.11. The SMILES string of the molecule is O=C(NCI)Nc1cccc(Cc2cccc(NC(=O)NCI)c2)c1. The number of rotatable bonds is 6. The number of nitrogens with one attached hydrogen (secondary N) is 4. The van der Waals surface area contributed by atoms with Gasteiger partial charge in [0.2, 0.25) is 0 Å². The summed E-state index contributed by atoms with van der Waals surface area (Å²) in [5, 5.41) is 11.0. The van der Waals surface area contributed by atoms with Crippen LogP contribution in [0, 0.1) is 0 Å². The van der Waals surface area contributed by atoms with E-state index in [9.17, 15) is 9.59 Å². The summed E-state index contributed by atoms with van der Waals surface area (Å²) in [5.74, 6) is 0. The minimum absolute atomic E-state index is 0.223. The normalized spacial score (nSPS) is 10.0. The molecule has 0 bridgehead atoms. The Balaban J connectivity index is 2.04. The van der Waals surface area contributed by atoms with Crippen molar-refractivity contribution in [1.29, 1.82) is 0 Å². The van der Waals surface area contributed by atoms with Crippen molar-refractivity contribution in [1.82, 2.24) is 10.6 Å². The third kappa shape index (κ3) is 7.06. The van der Waals surface area contributed by atoms with Gasteiger partial charge in [-0.15, -0.1) is 0 Å². The predicted octanol–water partition coefficient (Wildman–Crippen LogP) is 4.31. The Kier molecular flexibility index (Phi) is 8.25. The van der Waals surface area contributed by atoms with E-state index in [0.717, 1.165) is 22.5 Å². The number of hydrogen-bond donors (Lipinski definition) is 4.